The summed E-state index contributed by atoms with van der Waals surface area (Å²) in [7, 11) is 0. The number of carbonyl (C=O) groups excluding carboxylic acids is 1. The Bertz CT molecular complexity index is 215. The van der Waals surface area contributed by atoms with E-state index in [0.717, 1.165) is 18.4 Å². The van der Waals surface area contributed by atoms with Crippen LogP contribution in [0.15, 0.2) is 11.6 Å². The van der Waals surface area contributed by atoms with Crippen molar-refractivity contribution in [2.75, 3.05) is 0 Å². The van der Waals surface area contributed by atoms with E-state index in [1.165, 1.54) is 32.1 Å². The Morgan fingerprint density at radius 1 is 1.17 bits per heavy atom. The maximum Gasteiger partial charge on any atom is 0.159 e. The van der Waals surface area contributed by atoms with Crippen molar-refractivity contribution in [3.05, 3.63) is 11.6 Å². The topological polar surface area (TPSA) is 17.1 Å². The fourth-order valence-corrected chi connectivity index (χ4v) is 2.23. The monoisotopic (exact) mass is 164 g/mol. The highest BCUT2D eigenvalue weighted by Crippen LogP contribution is 2.35. The number of carbonyl (C=O) groups is 1. The lowest BCUT2D eigenvalue weighted by Crippen LogP contribution is -2.27. The van der Waals surface area contributed by atoms with Gasteiger partial charge in [0.25, 0.3) is 0 Å². The Labute approximate surface area is 73.8 Å². The first-order valence-corrected chi connectivity index (χ1v) is 5.11. The highest BCUT2D eigenvalue weighted by atomic mass is 16.1. The lowest BCUT2D eigenvalue weighted by Gasteiger charge is -2.27. The molecule has 0 amide bonds. The van der Waals surface area contributed by atoms with Crippen molar-refractivity contribution in [1.29, 1.82) is 0 Å². The molecule has 2 aliphatic rings. The van der Waals surface area contributed by atoms with E-state index in [4.69, 9.17) is 0 Å². The van der Waals surface area contributed by atoms with Crippen LogP contribution in [0.2, 0.25) is 0 Å². The van der Waals surface area contributed by atoms with Crippen LogP contribution < -0.4 is 0 Å². The minimum atomic E-state index is 0.418. The molecule has 0 N–H and O–H groups in total. The molecule has 0 aromatic carbocycles. The van der Waals surface area contributed by atoms with Crippen molar-refractivity contribution in [2.45, 2.75) is 44.9 Å². The van der Waals surface area contributed by atoms with Gasteiger partial charge < -0.3 is 0 Å². The van der Waals surface area contributed by atoms with Gasteiger partial charge in [-0.2, -0.15) is 0 Å². The first-order valence-electron chi connectivity index (χ1n) is 5.11. The average molecular weight is 164 g/mol. The summed E-state index contributed by atoms with van der Waals surface area (Å²) in [5.74, 6) is 1.07. The molecule has 0 bridgehead atoms. The molecule has 1 nitrogen and oxygen atoms in total. The first-order chi connectivity index (χ1) is 5.88. The minimum absolute atomic E-state index is 0.418. The summed E-state index contributed by atoms with van der Waals surface area (Å²) in [5, 5.41) is 0. The summed E-state index contributed by atoms with van der Waals surface area (Å²) in [4.78, 5) is 11.2. The van der Waals surface area contributed by atoms with Gasteiger partial charge in [-0.1, -0.05) is 25.3 Å². The Balaban J connectivity index is 2.02. The largest absolute Gasteiger partial charge is 0.295 e. The van der Waals surface area contributed by atoms with Crippen LogP contribution in [-0.2, 0) is 4.79 Å². The molecule has 0 aliphatic heterocycles. The molecule has 2 rings (SSSR count). The minimum Gasteiger partial charge on any atom is -0.295 e. The lowest BCUT2D eigenvalue weighted by atomic mass is 9.75. The van der Waals surface area contributed by atoms with Crippen LogP contribution in [0.25, 0.3) is 0 Å². The third kappa shape index (κ3) is 1.45. The van der Waals surface area contributed by atoms with Crippen molar-refractivity contribution in [3.63, 3.8) is 0 Å². The predicted molar refractivity (Wildman–Crippen MR) is 48.9 cm³/mol. The number of hydrogen-bond acceptors (Lipinski definition) is 1. The maximum atomic E-state index is 11.2. The van der Waals surface area contributed by atoms with Crippen LogP contribution in [0.1, 0.15) is 44.9 Å². The summed E-state index contributed by atoms with van der Waals surface area (Å²) in [5.41, 5.74) is 1.16. The zero-order valence-corrected chi connectivity index (χ0v) is 7.51. The van der Waals surface area contributed by atoms with E-state index in [-0.39, 0.29) is 0 Å². The van der Waals surface area contributed by atoms with E-state index in [2.05, 4.69) is 6.08 Å². The maximum absolute atomic E-state index is 11.2. The summed E-state index contributed by atoms with van der Waals surface area (Å²) >= 11 is 0. The molecule has 2 aliphatic carbocycles. The molecular weight excluding hydrogens is 148 g/mol. The molecule has 0 saturated heterocycles. The molecule has 66 valence electrons. The molecule has 1 unspecified atom stereocenters. The van der Waals surface area contributed by atoms with Crippen LogP contribution in [0, 0.1) is 5.92 Å². The quantitative estimate of drug-likeness (QED) is 0.538. The Hall–Kier alpha value is -0.590. The van der Waals surface area contributed by atoms with Crippen LogP contribution >= 0.6 is 0 Å². The number of fused-ring (bicyclic) bond motifs is 1. The van der Waals surface area contributed by atoms with Crippen molar-refractivity contribution in [1.82, 2.24) is 0 Å². The van der Waals surface area contributed by atoms with E-state index < -0.39 is 0 Å². The highest BCUT2D eigenvalue weighted by molar-refractivity contribution is 6.02. The summed E-state index contributed by atoms with van der Waals surface area (Å²) in [6.07, 6.45) is 10.8. The second kappa shape index (κ2) is 3.42. The van der Waals surface area contributed by atoms with Gasteiger partial charge >= 0.3 is 0 Å². The Kier molecular flexibility index (Phi) is 2.29. The van der Waals surface area contributed by atoms with Crippen molar-refractivity contribution < 1.29 is 4.79 Å². The fraction of sp³-hybridized carbons (Fsp3) is 0.727. The SMILES string of the molecule is O=C1CC2CCCCCC/C=C/12. The van der Waals surface area contributed by atoms with Gasteiger partial charge in [-0.15, -0.1) is 0 Å². The second-order valence-corrected chi connectivity index (χ2v) is 3.98. The van der Waals surface area contributed by atoms with Gasteiger partial charge in [-0.05, 0) is 30.8 Å². The molecule has 0 heterocycles. The molecule has 1 heteroatoms. The summed E-state index contributed by atoms with van der Waals surface area (Å²) in [6.45, 7) is 0. The van der Waals surface area contributed by atoms with E-state index >= 15 is 0 Å². The smallest absolute Gasteiger partial charge is 0.159 e. The number of Topliss-reactive ketones (excluding diaryl/α,β-unsaturated/α-hetero) is 1. The first kappa shape index (κ1) is 8.03. The molecule has 1 fully saturated rings. The van der Waals surface area contributed by atoms with Crippen LogP contribution in [0.4, 0.5) is 0 Å². The molecule has 0 spiro atoms. The molecule has 1 saturated carbocycles. The lowest BCUT2D eigenvalue weighted by molar-refractivity contribution is -0.120. The molecule has 0 aromatic heterocycles. The van der Waals surface area contributed by atoms with Crippen LogP contribution in [0.5, 0.6) is 0 Å². The van der Waals surface area contributed by atoms with Gasteiger partial charge in [0, 0.05) is 6.42 Å². The van der Waals surface area contributed by atoms with E-state index in [1.807, 2.05) is 0 Å². The molecular formula is C11H16O. The average Bonchev–Trinajstić information content (AvgIpc) is 2.14. The van der Waals surface area contributed by atoms with Crippen LogP contribution in [0.3, 0.4) is 0 Å². The predicted octanol–water partition coefficient (Wildman–Crippen LogP) is 2.86. The zero-order valence-electron chi connectivity index (χ0n) is 7.51. The van der Waals surface area contributed by atoms with E-state index in [9.17, 15) is 4.79 Å². The molecule has 0 radical (unpaired) electrons. The third-order valence-corrected chi connectivity index (χ3v) is 3.06. The Morgan fingerprint density at radius 2 is 2.00 bits per heavy atom. The highest BCUT2D eigenvalue weighted by Gasteiger charge is 2.32. The van der Waals surface area contributed by atoms with Gasteiger partial charge in [0.05, 0.1) is 0 Å². The number of allylic oxidation sites excluding steroid dienone is 2. The zero-order chi connectivity index (χ0) is 8.39. The second-order valence-electron chi connectivity index (χ2n) is 3.98. The van der Waals surface area contributed by atoms with Gasteiger partial charge in [0.1, 0.15) is 0 Å². The normalized spacial score (nSPS) is 34.8. The number of hydrogen-bond donors (Lipinski definition) is 0. The van der Waals surface area contributed by atoms with E-state index in [1.54, 1.807) is 0 Å². The van der Waals surface area contributed by atoms with E-state index in [0.29, 0.717) is 11.7 Å². The van der Waals surface area contributed by atoms with Crippen molar-refractivity contribution in [2.24, 2.45) is 5.92 Å². The van der Waals surface area contributed by atoms with Gasteiger partial charge in [-0.3, -0.25) is 4.79 Å². The van der Waals surface area contributed by atoms with Crippen LogP contribution in [-0.4, -0.2) is 5.78 Å². The summed E-state index contributed by atoms with van der Waals surface area (Å²) < 4.78 is 0. The van der Waals surface area contributed by atoms with Gasteiger partial charge in [-0.25, -0.2) is 0 Å². The number of ketones is 1. The van der Waals surface area contributed by atoms with Crippen molar-refractivity contribution >= 4 is 5.78 Å². The third-order valence-electron chi connectivity index (χ3n) is 3.06. The fourth-order valence-electron chi connectivity index (χ4n) is 2.23. The van der Waals surface area contributed by atoms with Crippen molar-refractivity contribution in [3.8, 4) is 0 Å². The molecule has 12 heavy (non-hydrogen) atoms. The standard InChI is InChI=1S/C11H16O/c12-11-8-9-6-4-2-1-3-5-7-10(9)11/h7,9H,1-6,8H2/b10-7+. The molecule has 1 atom stereocenters. The Morgan fingerprint density at radius 3 is 2.83 bits per heavy atom. The summed E-state index contributed by atoms with van der Waals surface area (Å²) in [6, 6.07) is 0. The number of rotatable bonds is 0. The van der Waals surface area contributed by atoms with Gasteiger partial charge in [0.15, 0.2) is 5.78 Å². The molecule has 0 aromatic rings. The van der Waals surface area contributed by atoms with Gasteiger partial charge in [0.2, 0.25) is 0 Å².